The predicted octanol–water partition coefficient (Wildman–Crippen LogP) is 6.45. The summed E-state index contributed by atoms with van der Waals surface area (Å²) in [5.41, 5.74) is 0.951. The molecule has 0 unspecified atom stereocenters. The first-order valence-corrected chi connectivity index (χ1v) is 16.7. The number of carbonyl (C=O) groups excluding carboxylic acids is 2. The number of halogens is 2. The van der Waals surface area contributed by atoms with E-state index in [1.165, 1.54) is 17.0 Å². The molecule has 0 bridgehead atoms. The molecular weight excluding hydrogens is 609 g/mol. The predicted molar refractivity (Wildman–Crippen MR) is 170 cm³/mol. The largest absolute Gasteiger partial charge is 0.494 e. The maximum Gasteiger partial charge on any atom is 0.264 e. The standard InChI is InChI=1S/C32H37Cl2N3O5S/c1-3-30(32(39)35-24-10-8-9-11-24)36(21-23-14-19-28(33)29(34)20-23)31(38)22-37(25-15-17-26(18-16-25)42-4-2)43(40,41)27-12-6-5-7-13-27/h5-7,12-20,24,30H,3-4,8-11,21-22H2,1-2H3,(H,35,39)/t30-/m0/s1. The highest BCUT2D eigenvalue weighted by Gasteiger charge is 2.34. The molecule has 0 radical (unpaired) electrons. The molecular formula is C32H37Cl2N3O5S. The SMILES string of the molecule is CCOc1ccc(N(CC(=O)N(Cc2ccc(Cl)c(Cl)c2)[C@@H](CC)C(=O)NC2CCCC2)S(=O)(=O)c2ccccc2)cc1. The Labute approximate surface area is 264 Å². The summed E-state index contributed by atoms with van der Waals surface area (Å²) in [5.74, 6) is -0.222. The first-order chi connectivity index (χ1) is 20.6. The van der Waals surface area contributed by atoms with Crippen molar-refractivity contribution in [3.63, 3.8) is 0 Å². The van der Waals surface area contributed by atoms with Crippen molar-refractivity contribution < 1.29 is 22.7 Å². The van der Waals surface area contributed by atoms with E-state index in [0.717, 1.165) is 30.0 Å². The molecule has 0 spiro atoms. The Morgan fingerprint density at radius 3 is 2.23 bits per heavy atom. The highest BCUT2D eigenvalue weighted by molar-refractivity contribution is 7.92. The summed E-state index contributed by atoms with van der Waals surface area (Å²) < 4.78 is 34.5. The van der Waals surface area contributed by atoms with Crippen LogP contribution in [0.4, 0.5) is 5.69 Å². The second-order valence-electron chi connectivity index (χ2n) is 10.4. The number of nitrogens with zero attached hydrogens (tertiary/aromatic N) is 2. The van der Waals surface area contributed by atoms with Gasteiger partial charge in [-0.2, -0.15) is 0 Å². The highest BCUT2D eigenvalue weighted by Crippen LogP contribution is 2.28. The third kappa shape index (κ3) is 8.22. The van der Waals surface area contributed by atoms with Gasteiger partial charge in [-0.05, 0) is 80.3 Å². The Kier molecular flexibility index (Phi) is 11.3. The van der Waals surface area contributed by atoms with Gasteiger partial charge in [0.05, 0.1) is 27.2 Å². The van der Waals surface area contributed by atoms with E-state index in [0.29, 0.717) is 40.1 Å². The quantitative estimate of drug-likeness (QED) is 0.230. The average molecular weight is 647 g/mol. The monoisotopic (exact) mass is 645 g/mol. The van der Waals surface area contributed by atoms with Gasteiger partial charge in [0.2, 0.25) is 11.8 Å². The summed E-state index contributed by atoms with van der Waals surface area (Å²) in [7, 11) is -4.16. The molecule has 11 heteroatoms. The second-order valence-corrected chi connectivity index (χ2v) is 13.1. The van der Waals surface area contributed by atoms with Gasteiger partial charge >= 0.3 is 0 Å². The van der Waals surface area contributed by atoms with Gasteiger partial charge in [-0.3, -0.25) is 13.9 Å². The van der Waals surface area contributed by atoms with Crippen molar-refractivity contribution >= 4 is 50.7 Å². The van der Waals surface area contributed by atoms with Gasteiger partial charge in [-0.1, -0.05) is 67.2 Å². The number of sulfonamides is 1. The lowest BCUT2D eigenvalue weighted by Crippen LogP contribution is -2.53. The van der Waals surface area contributed by atoms with Crippen LogP contribution in [0.15, 0.2) is 77.7 Å². The van der Waals surface area contributed by atoms with Crippen LogP contribution in [0.2, 0.25) is 10.0 Å². The van der Waals surface area contributed by atoms with Crippen molar-refractivity contribution in [2.45, 2.75) is 69.5 Å². The van der Waals surface area contributed by atoms with Gasteiger partial charge in [0, 0.05) is 12.6 Å². The molecule has 8 nitrogen and oxygen atoms in total. The summed E-state index contributed by atoms with van der Waals surface area (Å²) in [6, 6.07) is 18.7. The van der Waals surface area contributed by atoms with E-state index in [-0.39, 0.29) is 23.4 Å². The maximum atomic E-state index is 14.2. The minimum atomic E-state index is -4.16. The van der Waals surface area contributed by atoms with Crippen molar-refractivity contribution in [2.75, 3.05) is 17.5 Å². The zero-order chi connectivity index (χ0) is 31.0. The molecule has 1 atom stereocenters. The number of hydrogen-bond acceptors (Lipinski definition) is 5. The first-order valence-electron chi connectivity index (χ1n) is 14.5. The van der Waals surface area contributed by atoms with Crippen LogP contribution in [0.1, 0.15) is 51.5 Å². The van der Waals surface area contributed by atoms with E-state index < -0.39 is 28.5 Å². The van der Waals surface area contributed by atoms with Crippen LogP contribution in [0.3, 0.4) is 0 Å². The Balaban J connectivity index is 1.71. The Morgan fingerprint density at radius 1 is 0.953 bits per heavy atom. The summed E-state index contributed by atoms with van der Waals surface area (Å²) >= 11 is 12.4. The molecule has 1 aliphatic rings. The third-order valence-corrected chi connectivity index (χ3v) is 10.00. The van der Waals surface area contributed by atoms with E-state index >= 15 is 0 Å². The molecule has 1 aliphatic carbocycles. The third-order valence-electron chi connectivity index (χ3n) is 7.47. The maximum absolute atomic E-state index is 14.2. The van der Waals surface area contributed by atoms with Crippen LogP contribution in [-0.2, 0) is 26.2 Å². The minimum absolute atomic E-state index is 0.0365. The molecule has 1 saturated carbocycles. The van der Waals surface area contributed by atoms with Crippen molar-refractivity contribution in [1.29, 1.82) is 0 Å². The van der Waals surface area contributed by atoms with Gasteiger partial charge in [0.1, 0.15) is 18.3 Å². The number of nitrogens with one attached hydrogen (secondary N) is 1. The number of carbonyl (C=O) groups is 2. The first kappa shape index (κ1) is 32.6. The van der Waals surface area contributed by atoms with Crippen LogP contribution >= 0.6 is 23.2 Å². The zero-order valence-electron chi connectivity index (χ0n) is 24.3. The van der Waals surface area contributed by atoms with Crippen LogP contribution in [0.25, 0.3) is 0 Å². The van der Waals surface area contributed by atoms with E-state index in [2.05, 4.69) is 5.32 Å². The molecule has 230 valence electrons. The fourth-order valence-electron chi connectivity index (χ4n) is 5.25. The Hall–Kier alpha value is -3.27. The second kappa shape index (κ2) is 14.9. The lowest BCUT2D eigenvalue weighted by atomic mass is 10.1. The molecule has 0 aromatic heterocycles. The van der Waals surface area contributed by atoms with Crippen LogP contribution in [0.5, 0.6) is 5.75 Å². The molecule has 2 amide bonds. The summed E-state index contributed by atoms with van der Waals surface area (Å²) in [4.78, 5) is 29.3. The molecule has 3 aromatic rings. The number of hydrogen-bond donors (Lipinski definition) is 1. The zero-order valence-corrected chi connectivity index (χ0v) is 26.7. The van der Waals surface area contributed by atoms with E-state index in [1.54, 1.807) is 60.7 Å². The van der Waals surface area contributed by atoms with Crippen molar-refractivity contribution in [2.24, 2.45) is 0 Å². The molecule has 43 heavy (non-hydrogen) atoms. The average Bonchev–Trinajstić information content (AvgIpc) is 3.51. The number of benzene rings is 3. The van der Waals surface area contributed by atoms with Crippen LogP contribution in [0, 0.1) is 0 Å². The lowest BCUT2D eigenvalue weighted by Gasteiger charge is -2.34. The fourth-order valence-corrected chi connectivity index (χ4v) is 7.00. The fraction of sp³-hybridized carbons (Fsp3) is 0.375. The van der Waals surface area contributed by atoms with E-state index in [4.69, 9.17) is 27.9 Å². The van der Waals surface area contributed by atoms with Gasteiger partial charge in [-0.25, -0.2) is 8.42 Å². The molecule has 3 aromatic carbocycles. The number of rotatable bonds is 13. The van der Waals surface area contributed by atoms with Gasteiger partial charge in [-0.15, -0.1) is 0 Å². The van der Waals surface area contributed by atoms with Gasteiger partial charge < -0.3 is 15.0 Å². The number of amides is 2. The van der Waals surface area contributed by atoms with E-state index in [9.17, 15) is 18.0 Å². The summed E-state index contributed by atoms with van der Waals surface area (Å²) in [5, 5.41) is 3.79. The number of anilines is 1. The smallest absolute Gasteiger partial charge is 0.264 e. The number of ether oxygens (including phenoxy) is 1. The van der Waals surface area contributed by atoms with Crippen LogP contribution < -0.4 is 14.4 Å². The Bertz CT molecular complexity index is 1500. The molecule has 0 aliphatic heterocycles. The molecule has 4 rings (SSSR count). The molecule has 0 saturated heterocycles. The van der Waals surface area contributed by atoms with Crippen LogP contribution in [-0.4, -0.2) is 50.4 Å². The van der Waals surface area contributed by atoms with Crippen molar-refractivity contribution in [3.8, 4) is 5.75 Å². The summed E-state index contributed by atoms with van der Waals surface area (Å²) in [6.45, 7) is 3.65. The Morgan fingerprint density at radius 2 is 1.63 bits per heavy atom. The molecule has 1 fully saturated rings. The topological polar surface area (TPSA) is 96.0 Å². The van der Waals surface area contributed by atoms with Crippen molar-refractivity contribution in [1.82, 2.24) is 10.2 Å². The minimum Gasteiger partial charge on any atom is -0.494 e. The summed E-state index contributed by atoms with van der Waals surface area (Å²) in [6.07, 6.45) is 4.21. The highest BCUT2D eigenvalue weighted by atomic mass is 35.5. The van der Waals surface area contributed by atoms with Crippen molar-refractivity contribution in [3.05, 3.63) is 88.4 Å². The molecule has 1 N–H and O–H groups in total. The molecule has 0 heterocycles. The normalized spacial score (nSPS) is 14.2. The van der Waals surface area contributed by atoms with Gasteiger partial charge in [0.25, 0.3) is 10.0 Å². The van der Waals surface area contributed by atoms with Gasteiger partial charge in [0.15, 0.2) is 0 Å². The lowest BCUT2D eigenvalue weighted by molar-refractivity contribution is -0.140. The van der Waals surface area contributed by atoms with E-state index in [1.807, 2.05) is 13.8 Å².